The molecule has 1 aromatic heterocycles. The lowest BCUT2D eigenvalue weighted by molar-refractivity contribution is -0.115. The summed E-state index contributed by atoms with van der Waals surface area (Å²) in [5.74, 6) is 0.990. The number of nitrogens with one attached hydrogen (secondary N) is 2. The van der Waals surface area contributed by atoms with Gasteiger partial charge in [0.25, 0.3) is 5.91 Å². The van der Waals surface area contributed by atoms with E-state index in [-0.39, 0.29) is 11.8 Å². The van der Waals surface area contributed by atoms with Crippen molar-refractivity contribution in [2.75, 3.05) is 16.4 Å². The van der Waals surface area contributed by atoms with Crippen LogP contribution in [0.15, 0.2) is 41.3 Å². The first-order valence-electron chi connectivity index (χ1n) is 6.93. The maximum absolute atomic E-state index is 12.3. The molecule has 0 fully saturated rings. The number of pyridine rings is 1. The number of fused-ring (bicyclic) bond motifs is 1. The van der Waals surface area contributed by atoms with Crippen LogP contribution >= 0.6 is 11.8 Å². The summed E-state index contributed by atoms with van der Waals surface area (Å²) in [5.41, 5.74) is 2.02. The van der Waals surface area contributed by atoms with Crippen molar-refractivity contribution in [2.45, 2.75) is 18.2 Å². The summed E-state index contributed by atoms with van der Waals surface area (Å²) >= 11 is 1.61. The van der Waals surface area contributed by atoms with Crippen LogP contribution in [-0.4, -0.2) is 22.6 Å². The summed E-state index contributed by atoms with van der Waals surface area (Å²) in [5, 5.41) is 5.60. The minimum absolute atomic E-state index is 0.0239. The highest BCUT2D eigenvalue weighted by Gasteiger charge is 2.16. The molecule has 22 heavy (non-hydrogen) atoms. The maximum Gasteiger partial charge on any atom is 0.256 e. The van der Waals surface area contributed by atoms with Crippen LogP contribution in [-0.2, 0) is 4.79 Å². The Kier molecular flexibility index (Phi) is 4.11. The van der Waals surface area contributed by atoms with Crippen LogP contribution in [0.2, 0.25) is 0 Å². The van der Waals surface area contributed by atoms with E-state index in [1.807, 2.05) is 25.1 Å². The number of anilines is 2. The highest BCUT2D eigenvalue weighted by atomic mass is 32.2. The Hall–Kier alpha value is -2.34. The van der Waals surface area contributed by atoms with Crippen LogP contribution in [0.4, 0.5) is 11.5 Å². The van der Waals surface area contributed by atoms with Crippen molar-refractivity contribution >= 4 is 35.1 Å². The predicted octanol–water partition coefficient (Wildman–Crippen LogP) is 3.08. The molecule has 3 rings (SSSR count). The van der Waals surface area contributed by atoms with Crippen LogP contribution < -0.4 is 10.6 Å². The Labute approximate surface area is 132 Å². The van der Waals surface area contributed by atoms with Gasteiger partial charge in [-0.3, -0.25) is 9.59 Å². The summed E-state index contributed by atoms with van der Waals surface area (Å²) in [6, 6.07) is 10.8. The van der Waals surface area contributed by atoms with E-state index in [0.29, 0.717) is 23.5 Å². The van der Waals surface area contributed by atoms with Crippen molar-refractivity contribution in [3.63, 3.8) is 0 Å². The number of carbonyl (C=O) groups excluding carboxylic acids is 2. The summed E-state index contributed by atoms with van der Waals surface area (Å²) in [6.45, 7) is 1.87. The Bertz CT molecular complexity index is 746. The van der Waals surface area contributed by atoms with Crippen molar-refractivity contribution in [1.82, 2.24) is 4.98 Å². The molecule has 5 nitrogen and oxygen atoms in total. The molecule has 2 heterocycles. The largest absolute Gasteiger partial charge is 0.325 e. The zero-order valence-corrected chi connectivity index (χ0v) is 12.9. The number of aryl methyl sites for hydroxylation is 1. The van der Waals surface area contributed by atoms with E-state index < -0.39 is 0 Å². The molecule has 6 heteroatoms. The highest BCUT2D eigenvalue weighted by molar-refractivity contribution is 7.99. The molecule has 112 valence electrons. The molecule has 1 aliphatic heterocycles. The van der Waals surface area contributed by atoms with Gasteiger partial charge in [0.05, 0.1) is 5.69 Å². The molecule has 2 N–H and O–H groups in total. The topological polar surface area (TPSA) is 71.1 Å². The summed E-state index contributed by atoms with van der Waals surface area (Å²) in [7, 11) is 0. The van der Waals surface area contributed by atoms with Crippen molar-refractivity contribution < 1.29 is 9.59 Å². The number of hydrogen-bond acceptors (Lipinski definition) is 4. The van der Waals surface area contributed by atoms with Gasteiger partial charge in [-0.15, -0.1) is 11.8 Å². The van der Waals surface area contributed by atoms with Crippen LogP contribution in [0.25, 0.3) is 0 Å². The molecule has 0 saturated heterocycles. The Morgan fingerprint density at radius 3 is 3.00 bits per heavy atom. The number of thioether (sulfide) groups is 1. The van der Waals surface area contributed by atoms with E-state index in [1.54, 1.807) is 30.0 Å². The lowest BCUT2D eigenvalue weighted by Crippen LogP contribution is -2.14. The molecule has 0 saturated carbocycles. The monoisotopic (exact) mass is 313 g/mol. The Morgan fingerprint density at radius 1 is 1.32 bits per heavy atom. The minimum Gasteiger partial charge on any atom is -0.325 e. The predicted molar refractivity (Wildman–Crippen MR) is 87.3 cm³/mol. The molecule has 0 bridgehead atoms. The van der Waals surface area contributed by atoms with E-state index >= 15 is 0 Å². The number of amides is 2. The molecule has 1 aliphatic rings. The zero-order chi connectivity index (χ0) is 15.5. The van der Waals surface area contributed by atoms with Crippen LogP contribution in [0.5, 0.6) is 0 Å². The van der Waals surface area contributed by atoms with E-state index in [9.17, 15) is 9.59 Å². The fraction of sp³-hybridized carbons (Fsp3) is 0.188. The van der Waals surface area contributed by atoms with Crippen LogP contribution in [0.3, 0.4) is 0 Å². The van der Waals surface area contributed by atoms with Gasteiger partial charge in [0.1, 0.15) is 5.82 Å². The van der Waals surface area contributed by atoms with Crippen molar-refractivity contribution in [1.29, 1.82) is 0 Å². The lowest BCUT2D eigenvalue weighted by Gasteiger charge is -2.09. The van der Waals surface area contributed by atoms with Crippen molar-refractivity contribution in [2.24, 2.45) is 0 Å². The average Bonchev–Trinajstić information content (AvgIpc) is 2.67. The molecule has 0 unspecified atom stereocenters. The van der Waals surface area contributed by atoms with E-state index in [4.69, 9.17) is 0 Å². The third kappa shape index (κ3) is 3.28. The molecule has 2 aromatic rings. The summed E-state index contributed by atoms with van der Waals surface area (Å²) in [4.78, 5) is 29.2. The first-order chi connectivity index (χ1) is 10.6. The van der Waals surface area contributed by atoms with Gasteiger partial charge in [-0.1, -0.05) is 6.07 Å². The van der Waals surface area contributed by atoms with E-state index in [0.717, 1.165) is 16.3 Å². The SMILES string of the molecule is Cc1cccc(NC(=O)c2ccc3c(c2)NC(=O)CCS3)n1. The fourth-order valence-electron chi connectivity index (χ4n) is 2.16. The molecule has 1 aromatic carbocycles. The van der Waals surface area contributed by atoms with Crippen molar-refractivity contribution in [3.8, 4) is 0 Å². The van der Waals surface area contributed by atoms with Gasteiger partial charge < -0.3 is 10.6 Å². The smallest absolute Gasteiger partial charge is 0.256 e. The first kappa shape index (κ1) is 14.6. The van der Waals surface area contributed by atoms with Gasteiger partial charge in [0.15, 0.2) is 0 Å². The second-order valence-corrected chi connectivity index (χ2v) is 6.11. The van der Waals surface area contributed by atoms with Crippen molar-refractivity contribution in [3.05, 3.63) is 47.7 Å². The quantitative estimate of drug-likeness (QED) is 0.894. The fourth-order valence-corrected chi connectivity index (χ4v) is 3.10. The molecule has 0 atom stereocenters. The summed E-state index contributed by atoms with van der Waals surface area (Å²) in [6.07, 6.45) is 0.480. The zero-order valence-electron chi connectivity index (χ0n) is 12.1. The normalized spacial score (nSPS) is 13.8. The Balaban J connectivity index is 1.83. The third-order valence-corrected chi connectivity index (χ3v) is 4.31. The first-order valence-corrected chi connectivity index (χ1v) is 7.92. The van der Waals surface area contributed by atoms with E-state index in [2.05, 4.69) is 15.6 Å². The number of benzene rings is 1. The van der Waals surface area contributed by atoms with Gasteiger partial charge in [0, 0.05) is 28.3 Å². The average molecular weight is 313 g/mol. The van der Waals surface area contributed by atoms with Gasteiger partial charge >= 0.3 is 0 Å². The van der Waals surface area contributed by atoms with Crippen LogP contribution in [0, 0.1) is 6.92 Å². The second kappa shape index (κ2) is 6.19. The van der Waals surface area contributed by atoms with Gasteiger partial charge in [-0.2, -0.15) is 0 Å². The second-order valence-electron chi connectivity index (χ2n) is 4.98. The Morgan fingerprint density at radius 2 is 2.18 bits per heavy atom. The number of carbonyl (C=O) groups is 2. The number of hydrogen-bond donors (Lipinski definition) is 2. The standard InChI is InChI=1S/C16H15N3O2S/c1-10-3-2-4-14(17-10)19-16(21)11-5-6-13-12(9-11)18-15(20)7-8-22-13/h2-6,9H,7-8H2,1H3,(H,18,20)(H,17,19,21). The molecular weight excluding hydrogens is 298 g/mol. The van der Waals surface area contributed by atoms with Gasteiger partial charge in [-0.05, 0) is 37.3 Å². The molecule has 0 aliphatic carbocycles. The van der Waals surface area contributed by atoms with Crippen LogP contribution in [0.1, 0.15) is 22.5 Å². The van der Waals surface area contributed by atoms with Gasteiger partial charge in [-0.25, -0.2) is 4.98 Å². The molecule has 0 spiro atoms. The third-order valence-electron chi connectivity index (χ3n) is 3.23. The maximum atomic E-state index is 12.3. The molecule has 2 amide bonds. The lowest BCUT2D eigenvalue weighted by atomic mass is 10.2. The molecule has 0 radical (unpaired) electrons. The highest BCUT2D eigenvalue weighted by Crippen LogP contribution is 2.31. The van der Waals surface area contributed by atoms with Gasteiger partial charge in [0.2, 0.25) is 5.91 Å². The number of aromatic nitrogens is 1. The number of rotatable bonds is 2. The molecular formula is C16H15N3O2S. The number of nitrogens with zero attached hydrogens (tertiary/aromatic N) is 1. The summed E-state index contributed by atoms with van der Waals surface area (Å²) < 4.78 is 0. The van der Waals surface area contributed by atoms with E-state index in [1.165, 1.54) is 0 Å². The minimum atomic E-state index is -0.246.